The summed E-state index contributed by atoms with van der Waals surface area (Å²) >= 11 is 5.91. The maximum absolute atomic E-state index is 13.6. The van der Waals surface area contributed by atoms with Crippen molar-refractivity contribution in [3.63, 3.8) is 0 Å². The third kappa shape index (κ3) is 6.26. The Morgan fingerprint density at radius 2 is 1.80 bits per heavy atom. The molecule has 3 aromatic carbocycles. The van der Waals surface area contributed by atoms with Crippen molar-refractivity contribution in [3.05, 3.63) is 100.0 Å². The lowest BCUT2D eigenvalue weighted by Gasteiger charge is -2.39. The van der Waals surface area contributed by atoms with Crippen LogP contribution in [0.25, 0.3) is 10.9 Å². The molecule has 4 aromatic rings. The summed E-state index contributed by atoms with van der Waals surface area (Å²) in [5.74, 6) is 0.533. The molecule has 2 bridgehead atoms. The first-order chi connectivity index (χ1) is 21.3. The number of ketones is 1. The van der Waals surface area contributed by atoms with Gasteiger partial charge in [0.2, 0.25) is 0 Å². The Hall–Kier alpha value is -3.68. The van der Waals surface area contributed by atoms with Crippen LogP contribution in [0, 0.1) is 18.7 Å². The van der Waals surface area contributed by atoms with Crippen molar-refractivity contribution in [2.24, 2.45) is 5.92 Å². The number of fused-ring (bicyclic) bond motifs is 3. The predicted molar refractivity (Wildman–Crippen MR) is 172 cm³/mol. The van der Waals surface area contributed by atoms with Crippen LogP contribution in [0.1, 0.15) is 70.4 Å². The van der Waals surface area contributed by atoms with E-state index in [-0.39, 0.29) is 16.7 Å². The molecule has 6 nitrogen and oxygen atoms in total. The van der Waals surface area contributed by atoms with E-state index in [1.165, 1.54) is 18.2 Å². The SMILES string of the molecule is COc1cccc2c(C(=O)NCc3ccccc3C)cn(CCCN3[C@@H]4CC[C@H]3CC(CC(=O)c3ccc(F)c(Cl)c3)C4)c12. The van der Waals surface area contributed by atoms with Crippen LogP contribution < -0.4 is 10.1 Å². The Balaban J connectivity index is 1.09. The van der Waals surface area contributed by atoms with Gasteiger partial charge in [0.05, 0.1) is 23.2 Å². The van der Waals surface area contributed by atoms with Crippen molar-refractivity contribution < 1.29 is 18.7 Å². The number of hydrogen-bond acceptors (Lipinski definition) is 4. The summed E-state index contributed by atoms with van der Waals surface area (Å²) in [5, 5.41) is 3.99. The largest absolute Gasteiger partial charge is 0.495 e. The molecule has 1 amide bonds. The lowest BCUT2D eigenvalue weighted by Crippen LogP contribution is -2.43. The predicted octanol–water partition coefficient (Wildman–Crippen LogP) is 7.59. The Kier molecular flexibility index (Phi) is 9.06. The lowest BCUT2D eigenvalue weighted by atomic mass is 9.85. The monoisotopic (exact) mass is 615 g/mol. The van der Waals surface area contributed by atoms with Crippen molar-refractivity contribution in [2.45, 2.75) is 70.6 Å². The van der Waals surface area contributed by atoms with Gasteiger partial charge in [0.25, 0.3) is 5.91 Å². The van der Waals surface area contributed by atoms with E-state index in [4.69, 9.17) is 16.3 Å². The number of nitrogens with zero attached hydrogens (tertiary/aromatic N) is 2. The first kappa shape index (κ1) is 30.4. The number of Topliss-reactive ketones (excluding diaryl/α,β-unsaturated/α-hetero) is 1. The van der Waals surface area contributed by atoms with Crippen molar-refractivity contribution in [3.8, 4) is 5.75 Å². The average Bonchev–Trinajstić information content (AvgIpc) is 3.51. The van der Waals surface area contributed by atoms with Crippen LogP contribution in [0.15, 0.2) is 66.9 Å². The second-order valence-corrected chi connectivity index (χ2v) is 12.7. The molecule has 6 rings (SSSR count). The quantitative estimate of drug-likeness (QED) is 0.177. The van der Waals surface area contributed by atoms with E-state index in [0.717, 1.165) is 73.0 Å². The first-order valence-corrected chi connectivity index (χ1v) is 15.9. The smallest absolute Gasteiger partial charge is 0.253 e. The van der Waals surface area contributed by atoms with Gasteiger partial charge in [-0.15, -0.1) is 0 Å². The third-order valence-corrected chi connectivity index (χ3v) is 9.83. The first-order valence-electron chi connectivity index (χ1n) is 15.5. The second-order valence-electron chi connectivity index (χ2n) is 12.3. The molecule has 44 heavy (non-hydrogen) atoms. The summed E-state index contributed by atoms with van der Waals surface area (Å²) in [6.45, 7) is 4.26. The van der Waals surface area contributed by atoms with E-state index >= 15 is 0 Å². The molecule has 1 unspecified atom stereocenters. The second kappa shape index (κ2) is 13.1. The van der Waals surface area contributed by atoms with Gasteiger partial charge in [-0.2, -0.15) is 0 Å². The van der Waals surface area contributed by atoms with Crippen LogP contribution in [0.3, 0.4) is 0 Å². The zero-order valence-corrected chi connectivity index (χ0v) is 26.1. The van der Waals surface area contributed by atoms with Crippen molar-refractivity contribution >= 4 is 34.2 Å². The molecule has 0 saturated carbocycles. The van der Waals surface area contributed by atoms with E-state index in [9.17, 15) is 14.0 Å². The average molecular weight is 616 g/mol. The Morgan fingerprint density at radius 1 is 1.02 bits per heavy atom. The number of benzene rings is 3. The molecule has 2 fully saturated rings. The fourth-order valence-electron chi connectivity index (χ4n) is 7.32. The number of para-hydroxylation sites is 1. The minimum absolute atomic E-state index is 0.00570. The lowest BCUT2D eigenvalue weighted by molar-refractivity contribution is 0.0807. The topological polar surface area (TPSA) is 63.6 Å². The summed E-state index contributed by atoms with van der Waals surface area (Å²) in [4.78, 5) is 28.9. The molecule has 8 heteroatoms. The van der Waals surface area contributed by atoms with E-state index < -0.39 is 5.82 Å². The molecule has 3 heterocycles. The van der Waals surface area contributed by atoms with Gasteiger partial charge in [-0.1, -0.05) is 48.0 Å². The number of halogens is 2. The highest BCUT2D eigenvalue weighted by molar-refractivity contribution is 6.31. The van der Waals surface area contributed by atoms with Crippen molar-refractivity contribution in [1.29, 1.82) is 0 Å². The van der Waals surface area contributed by atoms with Crippen molar-refractivity contribution in [2.75, 3.05) is 13.7 Å². The molecule has 2 aliphatic rings. The van der Waals surface area contributed by atoms with Crippen LogP contribution in [-0.2, 0) is 13.1 Å². The molecule has 230 valence electrons. The summed E-state index contributed by atoms with van der Waals surface area (Å²) in [6, 6.07) is 19.1. The number of ether oxygens (including phenoxy) is 1. The molecule has 3 atom stereocenters. The zero-order valence-electron chi connectivity index (χ0n) is 25.3. The number of hydrogen-bond donors (Lipinski definition) is 1. The molecule has 0 aliphatic carbocycles. The highest BCUT2D eigenvalue weighted by Gasteiger charge is 2.40. The summed E-state index contributed by atoms with van der Waals surface area (Å²) < 4.78 is 21.4. The number of rotatable bonds is 11. The zero-order chi connectivity index (χ0) is 30.8. The van der Waals surface area contributed by atoms with Gasteiger partial charge >= 0.3 is 0 Å². The number of aryl methyl sites for hydroxylation is 2. The fourth-order valence-corrected chi connectivity index (χ4v) is 7.50. The summed E-state index contributed by atoms with van der Waals surface area (Å²) in [7, 11) is 1.67. The Labute approximate surface area is 263 Å². The van der Waals surface area contributed by atoms with E-state index in [1.54, 1.807) is 7.11 Å². The van der Waals surface area contributed by atoms with Gasteiger partial charge in [0.15, 0.2) is 5.78 Å². The van der Waals surface area contributed by atoms with Crippen LogP contribution in [0.2, 0.25) is 5.02 Å². The van der Waals surface area contributed by atoms with Crippen LogP contribution in [-0.4, -0.2) is 46.9 Å². The maximum atomic E-state index is 13.6. The van der Waals surface area contributed by atoms with Crippen LogP contribution in [0.4, 0.5) is 4.39 Å². The molecule has 0 spiro atoms. The van der Waals surface area contributed by atoms with Crippen LogP contribution in [0.5, 0.6) is 5.75 Å². The molecule has 1 aromatic heterocycles. The van der Waals surface area contributed by atoms with Gasteiger partial charge < -0.3 is 14.6 Å². The minimum atomic E-state index is -0.501. The van der Waals surface area contributed by atoms with Gasteiger partial charge in [-0.3, -0.25) is 14.5 Å². The number of methoxy groups -OCH3 is 1. The molecule has 0 radical (unpaired) electrons. The number of amides is 1. The Bertz CT molecular complexity index is 1670. The van der Waals surface area contributed by atoms with Crippen LogP contribution >= 0.6 is 11.6 Å². The number of nitrogens with one attached hydrogen (secondary N) is 1. The van der Waals surface area contributed by atoms with Crippen molar-refractivity contribution in [1.82, 2.24) is 14.8 Å². The maximum Gasteiger partial charge on any atom is 0.253 e. The van der Waals surface area contributed by atoms with E-state index in [2.05, 4.69) is 27.8 Å². The molecular weight excluding hydrogens is 577 g/mol. The molecule has 1 N–H and O–H groups in total. The fraction of sp³-hybridized carbons (Fsp3) is 0.389. The van der Waals surface area contributed by atoms with Gasteiger partial charge in [0.1, 0.15) is 11.6 Å². The third-order valence-electron chi connectivity index (χ3n) is 9.54. The highest BCUT2D eigenvalue weighted by Crippen LogP contribution is 2.40. The number of carbonyl (C=O) groups excluding carboxylic acids is 2. The number of aromatic nitrogens is 1. The molecular formula is C36H39ClFN3O3. The highest BCUT2D eigenvalue weighted by atomic mass is 35.5. The molecule has 2 saturated heterocycles. The summed E-state index contributed by atoms with van der Waals surface area (Å²) in [6.07, 6.45) is 7.70. The number of carbonyl (C=O) groups is 2. The van der Waals surface area contributed by atoms with E-state index in [1.807, 2.05) is 42.6 Å². The normalized spacial score (nSPS) is 19.8. The number of piperidine rings is 1. The van der Waals surface area contributed by atoms with Gasteiger partial charge in [-0.25, -0.2) is 4.39 Å². The minimum Gasteiger partial charge on any atom is -0.495 e. The molecule has 2 aliphatic heterocycles. The van der Waals surface area contributed by atoms with Gasteiger partial charge in [-0.05, 0) is 80.3 Å². The standard InChI is InChI=1S/C36H39ClFN3O3/c1-23-7-3-4-8-26(23)21-39-36(43)30-22-40(35-29(30)9-5-10-34(35)44-2)15-6-16-41-27-12-13-28(41)18-24(17-27)19-33(42)25-11-14-32(38)31(37)20-25/h3-5,7-11,14,20,22,24,27-28H,6,12-13,15-19,21H2,1-2H3,(H,39,43)/t24?,27-,28+. The van der Waals surface area contributed by atoms with E-state index in [0.29, 0.717) is 42.1 Å². The summed E-state index contributed by atoms with van der Waals surface area (Å²) in [5.41, 5.74) is 4.34. The van der Waals surface area contributed by atoms with Gasteiger partial charge in [0, 0.05) is 55.3 Å². The Morgan fingerprint density at radius 3 is 2.52 bits per heavy atom.